The summed E-state index contributed by atoms with van der Waals surface area (Å²) >= 11 is 1.71. The molecule has 1 saturated carbocycles. The minimum atomic E-state index is -0.892. The summed E-state index contributed by atoms with van der Waals surface area (Å²) in [6, 6.07) is 2.65. The Balaban J connectivity index is 2.02. The summed E-state index contributed by atoms with van der Waals surface area (Å²) < 4.78 is 0. The van der Waals surface area contributed by atoms with E-state index in [1.807, 2.05) is 11.4 Å². The number of hydrogen-bond donors (Lipinski definition) is 1. The monoisotopic (exact) mass is 293 g/mol. The van der Waals surface area contributed by atoms with Gasteiger partial charge in [-0.05, 0) is 48.9 Å². The molecule has 0 aliphatic heterocycles. The molecule has 1 aromatic rings. The van der Waals surface area contributed by atoms with Crippen LogP contribution in [0.25, 0.3) is 6.08 Å². The molecule has 0 amide bonds. The molecule has 0 aromatic carbocycles. The summed E-state index contributed by atoms with van der Waals surface area (Å²) in [6.45, 7) is 3.26. The third-order valence-corrected chi connectivity index (χ3v) is 5.13. The summed E-state index contributed by atoms with van der Waals surface area (Å²) in [5.41, 5.74) is 1.03. The molecule has 1 fully saturated rings. The van der Waals surface area contributed by atoms with Crippen LogP contribution in [-0.4, -0.2) is 29.1 Å². The molecular formula is C16H23NO2S. The highest BCUT2D eigenvalue weighted by atomic mass is 32.1. The fraction of sp³-hybridized carbons (Fsp3) is 0.562. The van der Waals surface area contributed by atoms with E-state index in [2.05, 4.69) is 18.9 Å². The number of hydrogen-bond acceptors (Lipinski definition) is 3. The summed E-state index contributed by atoms with van der Waals surface area (Å²) in [5, 5.41) is 10.8. The van der Waals surface area contributed by atoms with Gasteiger partial charge >= 0.3 is 5.97 Å². The van der Waals surface area contributed by atoms with E-state index in [0.717, 1.165) is 18.0 Å². The minimum Gasteiger partial charge on any atom is -0.478 e. The van der Waals surface area contributed by atoms with Gasteiger partial charge in [0.25, 0.3) is 0 Å². The molecule has 0 bridgehead atoms. The second-order valence-electron chi connectivity index (χ2n) is 5.71. The Morgan fingerprint density at radius 2 is 2.25 bits per heavy atom. The van der Waals surface area contributed by atoms with Crippen LogP contribution in [0.3, 0.4) is 0 Å². The predicted molar refractivity (Wildman–Crippen MR) is 83.9 cm³/mol. The molecule has 110 valence electrons. The molecule has 1 N–H and O–H groups in total. The second-order valence-corrected chi connectivity index (χ2v) is 6.72. The molecule has 0 radical (unpaired) electrons. The van der Waals surface area contributed by atoms with Crippen molar-refractivity contribution in [3.8, 4) is 0 Å². The highest BCUT2D eigenvalue weighted by molar-refractivity contribution is 7.10. The van der Waals surface area contributed by atoms with Crippen LogP contribution in [0.5, 0.6) is 0 Å². The van der Waals surface area contributed by atoms with E-state index in [-0.39, 0.29) is 0 Å². The summed E-state index contributed by atoms with van der Waals surface area (Å²) in [7, 11) is 2.19. The van der Waals surface area contributed by atoms with Crippen molar-refractivity contribution in [2.45, 2.75) is 45.2 Å². The first-order valence-corrected chi connectivity index (χ1v) is 8.13. The Bertz CT molecular complexity index is 481. The van der Waals surface area contributed by atoms with Crippen LogP contribution in [0, 0.1) is 5.92 Å². The van der Waals surface area contributed by atoms with E-state index in [0.29, 0.717) is 6.04 Å². The minimum absolute atomic E-state index is 0.655. The van der Waals surface area contributed by atoms with Gasteiger partial charge in [0.1, 0.15) is 0 Å². The van der Waals surface area contributed by atoms with Gasteiger partial charge in [0, 0.05) is 23.5 Å². The zero-order valence-electron chi connectivity index (χ0n) is 12.2. The van der Waals surface area contributed by atoms with Gasteiger partial charge in [0.2, 0.25) is 0 Å². The zero-order valence-corrected chi connectivity index (χ0v) is 13.0. The topological polar surface area (TPSA) is 40.5 Å². The Morgan fingerprint density at radius 3 is 2.95 bits per heavy atom. The molecule has 1 aliphatic rings. The number of thiophene rings is 1. The van der Waals surface area contributed by atoms with Gasteiger partial charge in [0.15, 0.2) is 0 Å². The van der Waals surface area contributed by atoms with Crippen molar-refractivity contribution in [2.75, 3.05) is 7.05 Å². The summed E-state index contributed by atoms with van der Waals surface area (Å²) in [6.07, 6.45) is 8.21. The molecule has 2 atom stereocenters. The SMILES string of the molecule is CC1CCCCC1N(C)Cc1sccc1C=CC(=O)O. The van der Waals surface area contributed by atoms with Crippen LogP contribution >= 0.6 is 11.3 Å². The number of rotatable bonds is 5. The standard InChI is InChI=1S/C16H23NO2S/c1-12-5-3-4-6-14(12)17(2)11-15-13(9-10-20-15)7-8-16(18)19/h7-10,12,14H,3-6,11H2,1-2H3,(H,18,19). The number of carbonyl (C=O) groups is 1. The summed E-state index contributed by atoms with van der Waals surface area (Å²) in [4.78, 5) is 14.3. The lowest BCUT2D eigenvalue weighted by atomic mass is 9.85. The maximum atomic E-state index is 10.6. The molecule has 20 heavy (non-hydrogen) atoms. The zero-order chi connectivity index (χ0) is 14.5. The number of carboxylic acids is 1. The van der Waals surface area contributed by atoms with Crippen LogP contribution < -0.4 is 0 Å². The van der Waals surface area contributed by atoms with Crippen LogP contribution in [0.1, 0.15) is 43.0 Å². The van der Waals surface area contributed by atoms with Gasteiger partial charge in [-0.1, -0.05) is 19.8 Å². The van der Waals surface area contributed by atoms with Crippen molar-refractivity contribution >= 4 is 23.4 Å². The fourth-order valence-electron chi connectivity index (χ4n) is 3.08. The van der Waals surface area contributed by atoms with Gasteiger partial charge in [-0.15, -0.1) is 11.3 Å². The van der Waals surface area contributed by atoms with Gasteiger partial charge in [-0.3, -0.25) is 4.90 Å². The molecule has 2 unspecified atom stereocenters. The first-order chi connectivity index (χ1) is 9.58. The first-order valence-electron chi connectivity index (χ1n) is 7.25. The number of aliphatic carboxylic acids is 1. The van der Waals surface area contributed by atoms with E-state index in [1.54, 1.807) is 17.4 Å². The van der Waals surface area contributed by atoms with Crippen LogP contribution in [0.2, 0.25) is 0 Å². The normalized spacial score (nSPS) is 23.6. The second kappa shape index (κ2) is 7.04. The molecular weight excluding hydrogens is 270 g/mol. The lowest BCUT2D eigenvalue weighted by molar-refractivity contribution is -0.131. The lowest BCUT2D eigenvalue weighted by Gasteiger charge is -2.36. The maximum absolute atomic E-state index is 10.6. The summed E-state index contributed by atoms with van der Waals surface area (Å²) in [5.74, 6) is -0.136. The number of nitrogens with zero attached hydrogens (tertiary/aromatic N) is 1. The first kappa shape index (κ1) is 15.3. The van der Waals surface area contributed by atoms with E-state index in [4.69, 9.17) is 5.11 Å². The predicted octanol–water partition coefficient (Wildman–Crippen LogP) is 3.86. The average molecular weight is 293 g/mol. The van der Waals surface area contributed by atoms with E-state index in [1.165, 1.54) is 36.6 Å². The third kappa shape index (κ3) is 3.93. The van der Waals surface area contributed by atoms with Crippen molar-refractivity contribution in [3.05, 3.63) is 28.0 Å². The fourth-order valence-corrected chi connectivity index (χ4v) is 4.01. The molecule has 1 aliphatic carbocycles. The van der Waals surface area contributed by atoms with Crippen LogP contribution in [0.4, 0.5) is 0 Å². The Hall–Kier alpha value is -1.13. The quantitative estimate of drug-likeness (QED) is 0.838. The average Bonchev–Trinajstić information content (AvgIpc) is 2.84. The van der Waals surface area contributed by atoms with Crippen molar-refractivity contribution in [2.24, 2.45) is 5.92 Å². The van der Waals surface area contributed by atoms with Gasteiger partial charge in [-0.25, -0.2) is 4.79 Å². The van der Waals surface area contributed by atoms with Gasteiger partial charge in [-0.2, -0.15) is 0 Å². The molecule has 0 spiro atoms. The number of carboxylic acid groups (broad SMARTS) is 1. The van der Waals surface area contributed by atoms with E-state index >= 15 is 0 Å². The lowest BCUT2D eigenvalue weighted by Crippen LogP contribution is -2.38. The molecule has 3 nitrogen and oxygen atoms in total. The highest BCUT2D eigenvalue weighted by Crippen LogP contribution is 2.29. The Labute approximate surface area is 124 Å². The van der Waals surface area contributed by atoms with Crippen LogP contribution in [0.15, 0.2) is 17.5 Å². The van der Waals surface area contributed by atoms with E-state index < -0.39 is 5.97 Å². The van der Waals surface area contributed by atoms with Gasteiger partial charge in [0.05, 0.1) is 0 Å². The molecule has 2 rings (SSSR count). The maximum Gasteiger partial charge on any atom is 0.328 e. The van der Waals surface area contributed by atoms with Crippen LogP contribution in [-0.2, 0) is 11.3 Å². The van der Waals surface area contributed by atoms with Gasteiger partial charge < -0.3 is 5.11 Å². The molecule has 1 aromatic heterocycles. The van der Waals surface area contributed by atoms with Crippen molar-refractivity contribution in [3.63, 3.8) is 0 Å². The van der Waals surface area contributed by atoms with Crippen molar-refractivity contribution in [1.29, 1.82) is 0 Å². The van der Waals surface area contributed by atoms with Crippen molar-refractivity contribution in [1.82, 2.24) is 4.90 Å². The molecule has 4 heteroatoms. The van der Waals surface area contributed by atoms with E-state index in [9.17, 15) is 4.79 Å². The smallest absolute Gasteiger partial charge is 0.328 e. The largest absolute Gasteiger partial charge is 0.478 e. The third-order valence-electron chi connectivity index (χ3n) is 4.21. The molecule has 0 saturated heterocycles. The Morgan fingerprint density at radius 1 is 1.50 bits per heavy atom. The molecule has 1 heterocycles. The Kier molecular flexibility index (Phi) is 5.38. The van der Waals surface area contributed by atoms with Crippen molar-refractivity contribution < 1.29 is 9.90 Å². The highest BCUT2D eigenvalue weighted by Gasteiger charge is 2.25.